The number of aryl methyl sites for hydroxylation is 1. The van der Waals surface area contributed by atoms with Crippen molar-refractivity contribution in [3.05, 3.63) is 23.8 Å². The van der Waals surface area contributed by atoms with E-state index in [9.17, 15) is 0 Å². The van der Waals surface area contributed by atoms with Crippen LogP contribution in [-0.4, -0.2) is 14.2 Å². The molecule has 0 saturated carbocycles. The van der Waals surface area contributed by atoms with Gasteiger partial charge in [0.05, 0.1) is 14.2 Å². The van der Waals surface area contributed by atoms with Crippen molar-refractivity contribution in [1.29, 1.82) is 0 Å². The molecule has 0 radical (unpaired) electrons. The van der Waals surface area contributed by atoms with Crippen molar-refractivity contribution in [2.24, 2.45) is 0 Å². The second-order valence-corrected chi connectivity index (χ2v) is 4.00. The van der Waals surface area contributed by atoms with Gasteiger partial charge < -0.3 is 9.47 Å². The molecule has 0 aliphatic rings. The molecular weight excluding hydrogens is 200 g/mol. The molecule has 0 aliphatic carbocycles. The second-order valence-electron chi connectivity index (χ2n) is 4.00. The van der Waals surface area contributed by atoms with Crippen LogP contribution in [0.5, 0.6) is 11.5 Å². The van der Waals surface area contributed by atoms with Crippen LogP contribution in [0.4, 0.5) is 0 Å². The molecule has 0 aliphatic heterocycles. The Labute approximate surface area is 98.6 Å². The van der Waals surface area contributed by atoms with Crippen molar-refractivity contribution in [2.75, 3.05) is 14.2 Å². The van der Waals surface area contributed by atoms with Crippen LogP contribution in [0.2, 0.25) is 0 Å². The van der Waals surface area contributed by atoms with Crippen molar-refractivity contribution in [2.45, 2.75) is 39.0 Å². The minimum absolute atomic E-state index is 0.805. The number of unbranched alkanes of at least 4 members (excludes halogenated alkanes) is 3. The zero-order valence-electron chi connectivity index (χ0n) is 10.6. The summed E-state index contributed by atoms with van der Waals surface area (Å²) in [6.45, 7) is 2.23. The highest BCUT2D eigenvalue weighted by Crippen LogP contribution is 2.28. The van der Waals surface area contributed by atoms with Crippen LogP contribution in [0.25, 0.3) is 0 Å². The molecule has 0 saturated heterocycles. The van der Waals surface area contributed by atoms with Crippen LogP contribution in [0.3, 0.4) is 0 Å². The van der Waals surface area contributed by atoms with E-state index in [1.54, 1.807) is 14.2 Å². The first kappa shape index (κ1) is 12.9. The number of hydrogen-bond acceptors (Lipinski definition) is 2. The molecule has 0 spiro atoms. The highest BCUT2D eigenvalue weighted by atomic mass is 16.5. The monoisotopic (exact) mass is 222 g/mol. The average molecular weight is 222 g/mol. The van der Waals surface area contributed by atoms with E-state index in [0.29, 0.717) is 0 Å². The maximum atomic E-state index is 5.28. The molecule has 1 aromatic carbocycles. The van der Waals surface area contributed by atoms with Gasteiger partial charge in [-0.25, -0.2) is 0 Å². The molecule has 1 aromatic rings. The summed E-state index contributed by atoms with van der Waals surface area (Å²) in [5.41, 5.74) is 1.33. The van der Waals surface area contributed by atoms with Gasteiger partial charge in [-0.3, -0.25) is 0 Å². The Balaban J connectivity index is 2.54. The number of methoxy groups -OCH3 is 2. The molecule has 0 amide bonds. The van der Waals surface area contributed by atoms with Crippen molar-refractivity contribution < 1.29 is 9.47 Å². The average Bonchev–Trinajstić information content (AvgIpc) is 2.34. The van der Waals surface area contributed by atoms with E-state index in [4.69, 9.17) is 9.47 Å². The normalized spacial score (nSPS) is 10.2. The summed E-state index contributed by atoms with van der Waals surface area (Å²) in [7, 11) is 3.34. The quantitative estimate of drug-likeness (QED) is 0.653. The second kappa shape index (κ2) is 7.15. The van der Waals surface area contributed by atoms with E-state index in [1.165, 1.54) is 31.2 Å². The van der Waals surface area contributed by atoms with E-state index in [-0.39, 0.29) is 0 Å². The fourth-order valence-electron chi connectivity index (χ4n) is 1.79. The first-order valence-corrected chi connectivity index (χ1v) is 6.02. The Hall–Kier alpha value is -1.18. The van der Waals surface area contributed by atoms with Crippen molar-refractivity contribution in [1.82, 2.24) is 0 Å². The minimum Gasteiger partial charge on any atom is -0.493 e. The molecule has 1 rings (SSSR count). The van der Waals surface area contributed by atoms with Crippen molar-refractivity contribution >= 4 is 0 Å². The first-order valence-electron chi connectivity index (χ1n) is 6.02. The molecule has 0 unspecified atom stereocenters. The smallest absolute Gasteiger partial charge is 0.160 e. The third-order valence-corrected chi connectivity index (χ3v) is 2.77. The van der Waals surface area contributed by atoms with Crippen LogP contribution < -0.4 is 9.47 Å². The summed E-state index contributed by atoms with van der Waals surface area (Å²) < 4.78 is 10.5. The largest absolute Gasteiger partial charge is 0.493 e. The summed E-state index contributed by atoms with van der Waals surface area (Å²) in [5.74, 6) is 1.63. The van der Waals surface area contributed by atoms with Crippen LogP contribution in [0, 0.1) is 0 Å². The van der Waals surface area contributed by atoms with Crippen molar-refractivity contribution in [3.63, 3.8) is 0 Å². The number of benzene rings is 1. The lowest BCUT2D eigenvalue weighted by Crippen LogP contribution is -1.93. The Morgan fingerprint density at radius 2 is 1.69 bits per heavy atom. The molecule has 16 heavy (non-hydrogen) atoms. The lowest BCUT2D eigenvalue weighted by atomic mass is 10.1. The van der Waals surface area contributed by atoms with Gasteiger partial charge in [0.25, 0.3) is 0 Å². The van der Waals surface area contributed by atoms with Gasteiger partial charge in [0.1, 0.15) is 0 Å². The van der Waals surface area contributed by atoms with E-state index in [1.807, 2.05) is 6.07 Å². The summed E-state index contributed by atoms with van der Waals surface area (Å²) >= 11 is 0. The lowest BCUT2D eigenvalue weighted by molar-refractivity contribution is 0.354. The van der Waals surface area contributed by atoms with Gasteiger partial charge in [-0.15, -0.1) is 0 Å². The fraction of sp³-hybridized carbons (Fsp3) is 0.571. The topological polar surface area (TPSA) is 18.5 Å². The molecule has 0 N–H and O–H groups in total. The minimum atomic E-state index is 0.805. The molecule has 90 valence electrons. The van der Waals surface area contributed by atoms with Crippen LogP contribution in [0.15, 0.2) is 18.2 Å². The van der Waals surface area contributed by atoms with Gasteiger partial charge in [0, 0.05) is 0 Å². The highest BCUT2D eigenvalue weighted by molar-refractivity contribution is 5.42. The predicted octanol–water partition coefficient (Wildman–Crippen LogP) is 3.83. The first-order chi connectivity index (χ1) is 7.81. The van der Waals surface area contributed by atoms with Crippen molar-refractivity contribution in [3.8, 4) is 11.5 Å². The fourth-order valence-corrected chi connectivity index (χ4v) is 1.79. The summed E-state index contributed by atoms with van der Waals surface area (Å²) in [6.07, 6.45) is 6.30. The molecular formula is C14H22O2. The number of hydrogen-bond donors (Lipinski definition) is 0. The molecule has 2 nitrogen and oxygen atoms in total. The Kier molecular flexibility index (Phi) is 5.76. The van der Waals surface area contributed by atoms with Crippen LogP contribution in [-0.2, 0) is 6.42 Å². The van der Waals surface area contributed by atoms with E-state index < -0.39 is 0 Å². The van der Waals surface area contributed by atoms with Gasteiger partial charge >= 0.3 is 0 Å². The summed E-state index contributed by atoms with van der Waals surface area (Å²) in [5, 5.41) is 0. The number of ether oxygens (including phenoxy) is 2. The zero-order valence-corrected chi connectivity index (χ0v) is 10.6. The summed E-state index contributed by atoms with van der Waals surface area (Å²) in [6, 6.07) is 6.17. The molecule has 0 heterocycles. The third-order valence-electron chi connectivity index (χ3n) is 2.77. The zero-order chi connectivity index (χ0) is 11.8. The van der Waals surface area contributed by atoms with Crippen LogP contribution >= 0.6 is 0 Å². The van der Waals surface area contributed by atoms with Crippen LogP contribution in [0.1, 0.15) is 38.2 Å². The Morgan fingerprint density at radius 3 is 2.31 bits per heavy atom. The summed E-state index contributed by atoms with van der Waals surface area (Å²) in [4.78, 5) is 0. The molecule has 2 heteroatoms. The SMILES string of the molecule is CCCCCCc1ccc(OC)c(OC)c1. The maximum Gasteiger partial charge on any atom is 0.160 e. The van der Waals surface area contributed by atoms with Gasteiger partial charge in [0.2, 0.25) is 0 Å². The lowest BCUT2D eigenvalue weighted by Gasteiger charge is -2.09. The molecule has 0 atom stereocenters. The third kappa shape index (κ3) is 3.76. The number of rotatable bonds is 7. The highest BCUT2D eigenvalue weighted by Gasteiger charge is 2.03. The van der Waals surface area contributed by atoms with E-state index in [0.717, 1.165) is 17.9 Å². The van der Waals surface area contributed by atoms with Gasteiger partial charge in [0.15, 0.2) is 11.5 Å². The molecule has 0 aromatic heterocycles. The van der Waals surface area contributed by atoms with Gasteiger partial charge in [-0.2, -0.15) is 0 Å². The van der Waals surface area contributed by atoms with E-state index >= 15 is 0 Å². The Bertz CT molecular complexity index is 308. The van der Waals surface area contributed by atoms with Gasteiger partial charge in [-0.1, -0.05) is 32.3 Å². The molecule has 0 fully saturated rings. The maximum absolute atomic E-state index is 5.28. The predicted molar refractivity (Wildman–Crippen MR) is 67.4 cm³/mol. The van der Waals surface area contributed by atoms with Gasteiger partial charge in [-0.05, 0) is 30.5 Å². The Morgan fingerprint density at radius 1 is 0.938 bits per heavy atom. The molecule has 0 bridgehead atoms. The standard InChI is InChI=1S/C14H22O2/c1-4-5-6-7-8-12-9-10-13(15-2)14(11-12)16-3/h9-11H,4-8H2,1-3H3. The van der Waals surface area contributed by atoms with E-state index in [2.05, 4.69) is 19.1 Å².